The molecular formula is C15H9B10BrN2O4. The van der Waals surface area contributed by atoms with E-state index >= 15 is 0 Å². The van der Waals surface area contributed by atoms with Gasteiger partial charge in [-0.1, -0.05) is 6.08 Å². The molecule has 1 unspecified atom stereocenters. The third-order valence-corrected chi connectivity index (χ3v) is 6.22. The molecule has 0 bridgehead atoms. The van der Waals surface area contributed by atoms with Gasteiger partial charge in [0.2, 0.25) is 0 Å². The van der Waals surface area contributed by atoms with Crippen molar-refractivity contribution < 1.29 is 14.8 Å². The number of benzene rings is 1. The summed E-state index contributed by atoms with van der Waals surface area (Å²) < 4.78 is 6.60. The highest BCUT2D eigenvalue weighted by Gasteiger charge is 2.49. The Morgan fingerprint density at radius 2 is 1.69 bits per heavy atom. The lowest BCUT2D eigenvalue weighted by Gasteiger charge is -2.52. The first-order chi connectivity index (χ1) is 14.1. The van der Waals surface area contributed by atoms with Crippen molar-refractivity contribution in [1.29, 1.82) is 0 Å². The number of hydrogen-bond donors (Lipinski definition) is 1. The second kappa shape index (κ2) is 8.46. The summed E-state index contributed by atoms with van der Waals surface area (Å²) in [4.78, 5) is 10.9. The van der Waals surface area contributed by atoms with Gasteiger partial charge in [-0.05, 0) is 46.8 Å². The molecule has 1 heterocycles. The van der Waals surface area contributed by atoms with E-state index in [1.807, 2.05) is 0 Å². The van der Waals surface area contributed by atoms with Gasteiger partial charge in [-0.3, -0.25) is 14.0 Å². The van der Waals surface area contributed by atoms with Crippen molar-refractivity contribution in [3.8, 4) is 5.75 Å². The van der Waals surface area contributed by atoms with Gasteiger partial charge in [0.05, 0.1) is 65.3 Å². The van der Waals surface area contributed by atoms with Crippen LogP contribution in [-0.4, -0.2) is 114 Å². The lowest BCUT2D eigenvalue weighted by Crippen LogP contribution is -2.67. The van der Waals surface area contributed by atoms with Gasteiger partial charge in [0, 0.05) is 27.6 Å². The predicted molar refractivity (Wildman–Crippen MR) is 135 cm³/mol. The molecule has 32 heavy (non-hydrogen) atoms. The largest absolute Gasteiger partial charge is 0.491 e. The Morgan fingerprint density at radius 3 is 2.09 bits per heavy atom. The summed E-state index contributed by atoms with van der Waals surface area (Å²) >= 11 is 3.14. The van der Waals surface area contributed by atoms with E-state index in [9.17, 15) is 15.2 Å². The van der Waals surface area contributed by atoms with Crippen LogP contribution in [0.15, 0.2) is 18.2 Å². The highest BCUT2D eigenvalue weighted by Crippen LogP contribution is 2.44. The second-order valence-electron chi connectivity index (χ2n) is 7.99. The predicted octanol–water partition coefficient (Wildman–Crippen LogP) is -1.91. The maximum Gasteiger partial charge on any atom is 0.311 e. The zero-order valence-corrected chi connectivity index (χ0v) is 18.7. The van der Waals surface area contributed by atoms with Gasteiger partial charge in [0.25, 0.3) is 0 Å². The molecule has 1 aromatic carbocycles. The zero-order valence-electron chi connectivity index (χ0n) is 17.2. The fraction of sp³-hybridized carbons (Fsp3) is 0.467. The molecule has 0 spiro atoms. The van der Waals surface area contributed by atoms with Gasteiger partial charge in [0.1, 0.15) is 23.5 Å². The standard InChI is InChI=1S/C15H9B10BrN2O4/c1-6-2-9(27(30)31)10(32-13(20,14(21,22)23)15(24,25)29)3-8(6)7-4-11(16,17)28(26)12(18,19)5-7/h2-4,29H,5H2,1H3. The van der Waals surface area contributed by atoms with E-state index in [0.717, 1.165) is 6.07 Å². The zero-order chi connectivity index (χ0) is 25.1. The molecule has 1 aliphatic rings. The number of aliphatic hydroxyl groups is 1. The molecule has 0 aromatic heterocycles. The number of ether oxygens (including phenoxy) is 1. The quantitative estimate of drug-likeness (QED) is 0.228. The second-order valence-corrected chi connectivity index (χ2v) is 8.70. The monoisotopic (exact) mass is 470 g/mol. The molecule has 1 N–H and O–H groups in total. The SMILES string of the molecule is [B]C1([B])C=C(c2cc(OC([B])(C([B])([B])[B])C([B])([B])O)c([N+](=O)[O-])cc2C)CC([B])([B])N1Br. The summed E-state index contributed by atoms with van der Waals surface area (Å²) in [6, 6.07) is 2.36. The van der Waals surface area contributed by atoms with Crippen LogP contribution in [0.2, 0.25) is 5.11 Å². The van der Waals surface area contributed by atoms with Crippen molar-refractivity contribution in [2.75, 3.05) is 0 Å². The molecule has 17 heteroatoms. The van der Waals surface area contributed by atoms with Crippen molar-refractivity contribution in [1.82, 2.24) is 3.93 Å². The fourth-order valence-corrected chi connectivity index (χ4v) is 3.46. The number of aryl methyl sites for hydroxylation is 1. The molecule has 0 saturated carbocycles. The topological polar surface area (TPSA) is 75.8 Å². The molecule has 140 valence electrons. The highest BCUT2D eigenvalue weighted by atomic mass is 79.9. The third kappa shape index (κ3) is 5.00. The minimum atomic E-state index is -2.92. The van der Waals surface area contributed by atoms with Crippen LogP contribution in [0.25, 0.3) is 5.57 Å². The first-order valence-corrected chi connectivity index (χ1v) is 9.62. The minimum Gasteiger partial charge on any atom is -0.491 e. The van der Waals surface area contributed by atoms with Gasteiger partial charge < -0.3 is 9.84 Å². The molecule has 2 rings (SSSR count). The Balaban J connectivity index is 2.74. The Hall–Kier alpha value is -0.791. The first-order valence-electron chi connectivity index (χ1n) is 8.91. The van der Waals surface area contributed by atoms with Crippen molar-refractivity contribution in [3.05, 3.63) is 39.4 Å². The molecule has 20 radical (unpaired) electrons. The summed E-state index contributed by atoms with van der Waals surface area (Å²) in [5.41, 5.74) is -2.19. The number of nitro groups is 1. The average Bonchev–Trinajstić information content (AvgIpc) is 2.58. The number of hydrogen-bond acceptors (Lipinski definition) is 5. The summed E-state index contributed by atoms with van der Waals surface area (Å²) in [6.07, 6.45) is 1.45. The van der Waals surface area contributed by atoms with Crippen LogP contribution in [0, 0.1) is 17.0 Å². The van der Waals surface area contributed by atoms with Crippen LogP contribution in [-0.2, 0) is 0 Å². The molecule has 0 fully saturated rings. The smallest absolute Gasteiger partial charge is 0.311 e. The molecule has 1 atom stereocenters. The van der Waals surface area contributed by atoms with Gasteiger partial charge in [-0.15, -0.1) is 5.11 Å². The average molecular weight is 469 g/mol. The van der Waals surface area contributed by atoms with E-state index < -0.39 is 43.0 Å². The Labute approximate surface area is 209 Å². The lowest BCUT2D eigenvalue weighted by molar-refractivity contribution is -0.386. The van der Waals surface area contributed by atoms with E-state index in [0.29, 0.717) is 16.7 Å². The minimum absolute atomic E-state index is 0.00653. The highest BCUT2D eigenvalue weighted by molar-refractivity contribution is 9.07. The lowest BCUT2D eigenvalue weighted by atomic mass is 9.26. The van der Waals surface area contributed by atoms with Crippen LogP contribution in [0.3, 0.4) is 0 Å². The van der Waals surface area contributed by atoms with E-state index in [1.54, 1.807) is 6.92 Å². The molecule has 0 amide bonds. The maximum absolute atomic E-state index is 11.7. The number of halogens is 1. The van der Waals surface area contributed by atoms with Crippen LogP contribution >= 0.6 is 16.1 Å². The van der Waals surface area contributed by atoms with Crippen LogP contribution in [0.1, 0.15) is 17.5 Å². The molecular weight excluding hydrogens is 460 g/mol. The molecule has 0 aliphatic carbocycles. The molecule has 1 aromatic rings. The fourth-order valence-electron chi connectivity index (χ4n) is 3.23. The normalized spacial score (nSPS) is 20.7. The van der Waals surface area contributed by atoms with E-state index in [-0.39, 0.29) is 6.42 Å². The van der Waals surface area contributed by atoms with Gasteiger partial charge in [-0.2, -0.15) is 0 Å². The Bertz CT molecular complexity index is 947. The van der Waals surface area contributed by atoms with Gasteiger partial charge in [-0.25, -0.2) is 0 Å². The van der Waals surface area contributed by atoms with Crippen LogP contribution in [0.4, 0.5) is 5.69 Å². The summed E-state index contributed by atoms with van der Waals surface area (Å²) in [5, 5.41) is 13.1. The maximum atomic E-state index is 11.7. The van der Waals surface area contributed by atoms with Crippen molar-refractivity contribution >= 4 is 106 Å². The first kappa shape index (κ1) is 27.5. The molecule has 0 saturated heterocycles. The van der Waals surface area contributed by atoms with Crippen molar-refractivity contribution in [2.45, 2.75) is 40.0 Å². The molecule has 1 aliphatic heterocycles. The third-order valence-electron chi connectivity index (χ3n) is 4.94. The van der Waals surface area contributed by atoms with Crippen molar-refractivity contribution in [3.63, 3.8) is 0 Å². The Morgan fingerprint density at radius 1 is 1.16 bits per heavy atom. The van der Waals surface area contributed by atoms with Crippen LogP contribution in [0.5, 0.6) is 5.75 Å². The van der Waals surface area contributed by atoms with Crippen LogP contribution < -0.4 is 4.74 Å². The summed E-state index contributed by atoms with van der Waals surface area (Å²) in [5.74, 6) is -0.514. The number of nitrogens with zero attached hydrogens (tertiary/aromatic N) is 2. The summed E-state index contributed by atoms with van der Waals surface area (Å²) in [7, 11) is 57.9. The van der Waals surface area contributed by atoms with Gasteiger partial charge in [0.15, 0.2) is 5.75 Å². The van der Waals surface area contributed by atoms with E-state index in [4.69, 9.17) is 83.2 Å². The van der Waals surface area contributed by atoms with E-state index in [1.165, 1.54) is 16.1 Å². The number of rotatable bonds is 6. The van der Waals surface area contributed by atoms with E-state index in [2.05, 4.69) is 16.1 Å². The summed E-state index contributed by atoms with van der Waals surface area (Å²) in [6.45, 7) is 1.58. The van der Waals surface area contributed by atoms with Crippen molar-refractivity contribution in [2.24, 2.45) is 0 Å². The van der Waals surface area contributed by atoms with Gasteiger partial charge >= 0.3 is 5.69 Å². The Kier molecular flexibility index (Phi) is 7.25. The molecule has 6 nitrogen and oxygen atoms in total. The number of nitro benzene ring substituents is 1.